The Hall–Kier alpha value is -3.27. The number of aromatic nitrogens is 3. The SMILES string of the molecule is CNC(=O)OCc1cc(-c2ccc(C)nc2F)n(S(=O)(=O)c2cccnc2)c1. The van der Waals surface area contributed by atoms with Crippen molar-refractivity contribution in [3.63, 3.8) is 0 Å². The molecular weight excluding hydrogens is 387 g/mol. The Kier molecular flexibility index (Phi) is 5.41. The minimum Gasteiger partial charge on any atom is -0.445 e. The molecular formula is C18H17FN4O4S. The molecule has 0 aromatic carbocycles. The Morgan fingerprint density at radius 1 is 1.32 bits per heavy atom. The number of pyridine rings is 2. The first-order valence-corrected chi connectivity index (χ1v) is 9.62. The van der Waals surface area contributed by atoms with E-state index in [4.69, 9.17) is 4.74 Å². The maximum atomic E-state index is 14.5. The van der Waals surface area contributed by atoms with E-state index in [0.717, 1.165) is 3.97 Å². The first kappa shape index (κ1) is 19.5. The number of hydrogen-bond acceptors (Lipinski definition) is 6. The van der Waals surface area contributed by atoms with Crippen molar-refractivity contribution in [1.82, 2.24) is 19.3 Å². The number of amides is 1. The van der Waals surface area contributed by atoms with Gasteiger partial charge in [0.15, 0.2) is 0 Å². The largest absolute Gasteiger partial charge is 0.445 e. The van der Waals surface area contributed by atoms with Crippen LogP contribution in [-0.4, -0.2) is 35.5 Å². The lowest BCUT2D eigenvalue weighted by atomic mass is 10.2. The number of halogens is 1. The van der Waals surface area contributed by atoms with Crippen LogP contribution in [0.25, 0.3) is 11.3 Å². The van der Waals surface area contributed by atoms with Crippen LogP contribution < -0.4 is 5.32 Å². The average molecular weight is 404 g/mol. The first-order chi connectivity index (χ1) is 13.3. The van der Waals surface area contributed by atoms with Gasteiger partial charge in [-0.2, -0.15) is 4.39 Å². The quantitative estimate of drug-likeness (QED) is 0.656. The molecule has 0 aliphatic rings. The fourth-order valence-corrected chi connectivity index (χ4v) is 3.88. The molecule has 0 radical (unpaired) electrons. The van der Waals surface area contributed by atoms with Crippen molar-refractivity contribution in [1.29, 1.82) is 0 Å². The maximum Gasteiger partial charge on any atom is 0.407 e. The number of rotatable bonds is 5. The molecule has 0 unspecified atom stereocenters. The van der Waals surface area contributed by atoms with Crippen LogP contribution in [0.5, 0.6) is 0 Å². The highest BCUT2D eigenvalue weighted by atomic mass is 32.2. The zero-order valence-corrected chi connectivity index (χ0v) is 15.9. The highest BCUT2D eigenvalue weighted by molar-refractivity contribution is 7.90. The molecule has 0 spiro atoms. The molecule has 0 atom stereocenters. The molecule has 1 N–H and O–H groups in total. The average Bonchev–Trinajstić information content (AvgIpc) is 3.11. The van der Waals surface area contributed by atoms with Crippen LogP contribution in [-0.2, 0) is 21.4 Å². The lowest BCUT2D eigenvalue weighted by molar-refractivity contribution is 0.142. The van der Waals surface area contributed by atoms with E-state index < -0.39 is 22.1 Å². The summed E-state index contributed by atoms with van der Waals surface area (Å²) >= 11 is 0. The van der Waals surface area contributed by atoms with Gasteiger partial charge in [0.25, 0.3) is 10.0 Å². The van der Waals surface area contributed by atoms with E-state index >= 15 is 0 Å². The molecule has 1 amide bonds. The monoisotopic (exact) mass is 404 g/mol. The van der Waals surface area contributed by atoms with Gasteiger partial charge in [-0.1, -0.05) is 0 Å². The lowest BCUT2D eigenvalue weighted by Gasteiger charge is -2.11. The highest BCUT2D eigenvalue weighted by Crippen LogP contribution is 2.28. The minimum absolute atomic E-state index is 0.00394. The molecule has 0 fully saturated rings. The topological polar surface area (TPSA) is 103 Å². The molecule has 10 heteroatoms. The van der Waals surface area contributed by atoms with Crippen LogP contribution in [0, 0.1) is 12.9 Å². The number of alkyl carbamates (subject to hydrolysis) is 1. The van der Waals surface area contributed by atoms with Gasteiger partial charge in [0.05, 0.1) is 11.3 Å². The van der Waals surface area contributed by atoms with Gasteiger partial charge in [-0.25, -0.2) is 22.2 Å². The first-order valence-electron chi connectivity index (χ1n) is 8.18. The molecule has 0 bridgehead atoms. The summed E-state index contributed by atoms with van der Waals surface area (Å²) < 4.78 is 46.5. The molecule has 8 nitrogen and oxygen atoms in total. The van der Waals surface area contributed by atoms with Crippen LogP contribution in [0.3, 0.4) is 0 Å². The molecule has 146 valence electrons. The second-order valence-electron chi connectivity index (χ2n) is 5.84. The van der Waals surface area contributed by atoms with Crippen LogP contribution >= 0.6 is 0 Å². The maximum absolute atomic E-state index is 14.5. The normalized spacial score (nSPS) is 11.2. The zero-order valence-electron chi connectivity index (χ0n) is 15.1. The van der Waals surface area contributed by atoms with Crippen molar-refractivity contribution in [2.75, 3.05) is 7.05 Å². The van der Waals surface area contributed by atoms with Gasteiger partial charge in [0.2, 0.25) is 5.95 Å². The smallest absolute Gasteiger partial charge is 0.407 e. The van der Waals surface area contributed by atoms with E-state index in [9.17, 15) is 17.6 Å². The number of aryl methyl sites for hydroxylation is 1. The summed E-state index contributed by atoms with van der Waals surface area (Å²) in [5.74, 6) is -0.806. The Morgan fingerprint density at radius 3 is 2.75 bits per heavy atom. The number of carbonyl (C=O) groups excluding carboxylic acids is 1. The van der Waals surface area contributed by atoms with Gasteiger partial charge in [0, 0.05) is 36.9 Å². The van der Waals surface area contributed by atoms with Crippen molar-refractivity contribution in [3.8, 4) is 11.3 Å². The van der Waals surface area contributed by atoms with Crippen molar-refractivity contribution in [2.45, 2.75) is 18.4 Å². The molecule has 3 rings (SSSR count). The molecule has 0 aliphatic carbocycles. The van der Waals surface area contributed by atoms with Gasteiger partial charge < -0.3 is 10.1 Å². The van der Waals surface area contributed by atoms with E-state index in [0.29, 0.717) is 11.3 Å². The third-order valence-corrected chi connectivity index (χ3v) is 5.53. The summed E-state index contributed by atoms with van der Waals surface area (Å²) in [5.41, 5.74) is 0.886. The summed E-state index contributed by atoms with van der Waals surface area (Å²) in [5, 5.41) is 2.30. The zero-order chi connectivity index (χ0) is 20.3. The van der Waals surface area contributed by atoms with Crippen LogP contribution in [0.4, 0.5) is 9.18 Å². The lowest BCUT2D eigenvalue weighted by Crippen LogP contribution is -2.18. The fourth-order valence-electron chi connectivity index (χ4n) is 2.52. The number of nitrogens with zero attached hydrogens (tertiary/aromatic N) is 3. The summed E-state index contributed by atoms with van der Waals surface area (Å²) in [7, 11) is -2.66. The van der Waals surface area contributed by atoms with Crippen LogP contribution in [0.1, 0.15) is 11.3 Å². The number of carbonyl (C=O) groups is 1. The molecule has 28 heavy (non-hydrogen) atoms. The second-order valence-corrected chi connectivity index (χ2v) is 7.66. The van der Waals surface area contributed by atoms with E-state index in [1.54, 1.807) is 13.0 Å². The summed E-state index contributed by atoms with van der Waals surface area (Å²) in [4.78, 5) is 18.8. The van der Waals surface area contributed by atoms with E-state index in [-0.39, 0.29) is 22.8 Å². The number of nitrogens with one attached hydrogen (secondary N) is 1. The van der Waals surface area contributed by atoms with Crippen molar-refractivity contribution >= 4 is 16.1 Å². The van der Waals surface area contributed by atoms with Gasteiger partial charge >= 0.3 is 6.09 Å². The van der Waals surface area contributed by atoms with Gasteiger partial charge in [-0.15, -0.1) is 0 Å². The summed E-state index contributed by atoms with van der Waals surface area (Å²) in [6.45, 7) is 1.43. The molecule has 3 aromatic heterocycles. The second kappa shape index (κ2) is 7.77. The summed E-state index contributed by atoms with van der Waals surface area (Å²) in [6, 6.07) is 7.33. The Balaban J connectivity index is 2.14. The number of hydrogen-bond donors (Lipinski definition) is 1. The molecule has 0 saturated heterocycles. The summed E-state index contributed by atoms with van der Waals surface area (Å²) in [6.07, 6.45) is 3.25. The third-order valence-electron chi connectivity index (χ3n) is 3.87. The van der Waals surface area contributed by atoms with Crippen LogP contribution in [0.15, 0.2) is 53.8 Å². The van der Waals surface area contributed by atoms with E-state index in [1.807, 2.05) is 0 Å². The third kappa shape index (κ3) is 3.86. The van der Waals surface area contributed by atoms with Crippen LogP contribution in [0.2, 0.25) is 0 Å². The van der Waals surface area contributed by atoms with Gasteiger partial charge in [-0.3, -0.25) is 4.98 Å². The van der Waals surface area contributed by atoms with E-state index in [2.05, 4.69) is 15.3 Å². The minimum atomic E-state index is -4.06. The Bertz CT molecular complexity index is 1110. The standard InChI is InChI=1S/C18H17FN4O4S/c1-12-5-6-15(17(19)22-12)16-8-13(11-27-18(24)20-2)10-23(16)28(25,26)14-4-3-7-21-9-14/h3-10H,11H2,1-2H3,(H,20,24). The molecule has 0 aliphatic heterocycles. The highest BCUT2D eigenvalue weighted by Gasteiger charge is 2.24. The molecule has 3 aromatic rings. The Labute approximate surface area is 161 Å². The molecule has 0 saturated carbocycles. The Morgan fingerprint density at radius 2 is 2.11 bits per heavy atom. The predicted molar refractivity (Wildman–Crippen MR) is 98.4 cm³/mol. The number of ether oxygens (including phenoxy) is 1. The van der Waals surface area contributed by atoms with Crippen molar-refractivity contribution < 1.29 is 22.3 Å². The van der Waals surface area contributed by atoms with Crippen molar-refractivity contribution in [2.24, 2.45) is 0 Å². The van der Waals surface area contributed by atoms with Gasteiger partial charge in [-0.05, 0) is 37.3 Å². The molecule has 3 heterocycles. The van der Waals surface area contributed by atoms with E-state index in [1.165, 1.54) is 49.9 Å². The predicted octanol–water partition coefficient (Wildman–Crippen LogP) is 2.49. The van der Waals surface area contributed by atoms with Gasteiger partial charge in [0.1, 0.15) is 11.5 Å². The fraction of sp³-hybridized carbons (Fsp3) is 0.167. The van der Waals surface area contributed by atoms with Crippen molar-refractivity contribution in [3.05, 3.63) is 66.1 Å².